The van der Waals surface area contributed by atoms with E-state index in [2.05, 4.69) is 0 Å². The summed E-state index contributed by atoms with van der Waals surface area (Å²) in [6.45, 7) is 6.91. The highest BCUT2D eigenvalue weighted by Crippen LogP contribution is 2.41. The van der Waals surface area contributed by atoms with Crippen LogP contribution >= 0.6 is 0 Å². The van der Waals surface area contributed by atoms with Gasteiger partial charge in [-0.05, 0) is 38.8 Å². The van der Waals surface area contributed by atoms with Crippen molar-refractivity contribution in [1.29, 1.82) is 0 Å². The maximum absolute atomic E-state index is 13.0. The first-order valence-corrected chi connectivity index (χ1v) is 9.53. The largest absolute Gasteiger partial charge is 0.458 e. The highest BCUT2D eigenvalue weighted by Gasteiger charge is 2.57. The second-order valence-corrected chi connectivity index (χ2v) is 8.21. The second kappa shape index (κ2) is 7.76. The Morgan fingerprint density at radius 2 is 1.46 bits per heavy atom. The van der Waals surface area contributed by atoms with E-state index >= 15 is 0 Å². The van der Waals surface area contributed by atoms with Gasteiger partial charge in [0.2, 0.25) is 5.91 Å². The number of hydrogen-bond donors (Lipinski definition) is 1. The Bertz CT molecular complexity index is 787. The van der Waals surface area contributed by atoms with Crippen molar-refractivity contribution >= 4 is 11.9 Å². The maximum atomic E-state index is 13.0. The molecular formula is C23H27NO4. The van der Waals surface area contributed by atoms with Crippen LogP contribution in [0.3, 0.4) is 0 Å². The highest BCUT2D eigenvalue weighted by atomic mass is 16.6. The zero-order valence-corrected chi connectivity index (χ0v) is 16.7. The average molecular weight is 381 g/mol. The van der Waals surface area contributed by atoms with Gasteiger partial charge < -0.3 is 14.7 Å². The van der Waals surface area contributed by atoms with Crippen molar-refractivity contribution < 1.29 is 19.4 Å². The van der Waals surface area contributed by atoms with Crippen molar-refractivity contribution in [3.05, 3.63) is 71.8 Å². The first-order valence-electron chi connectivity index (χ1n) is 9.53. The lowest BCUT2D eigenvalue weighted by Crippen LogP contribution is -2.68. The fourth-order valence-electron chi connectivity index (χ4n) is 3.70. The van der Waals surface area contributed by atoms with Crippen LogP contribution in [0.4, 0.5) is 0 Å². The summed E-state index contributed by atoms with van der Waals surface area (Å²) in [6.07, 6.45) is -0.937. The Balaban J connectivity index is 2.04. The minimum Gasteiger partial charge on any atom is -0.458 e. The van der Waals surface area contributed by atoms with Gasteiger partial charge in [0.15, 0.2) is 0 Å². The fourth-order valence-corrected chi connectivity index (χ4v) is 3.70. The van der Waals surface area contributed by atoms with Crippen molar-refractivity contribution in [1.82, 2.24) is 4.90 Å². The fraction of sp³-hybridized carbons (Fsp3) is 0.391. The van der Waals surface area contributed by atoms with E-state index in [-0.39, 0.29) is 5.91 Å². The molecule has 1 aliphatic heterocycles. The van der Waals surface area contributed by atoms with Gasteiger partial charge in [-0.15, -0.1) is 0 Å². The molecule has 0 aromatic heterocycles. The van der Waals surface area contributed by atoms with Crippen LogP contribution < -0.4 is 0 Å². The van der Waals surface area contributed by atoms with Crippen LogP contribution in [-0.2, 0) is 14.3 Å². The van der Waals surface area contributed by atoms with E-state index in [1.165, 1.54) is 6.92 Å². The standard InChI is InChI=1S/C23H27NO4/c1-15(25)18-20(22(27)28-23(2,3)4)24(21(18)26)19(16-11-7-5-8-12-16)17-13-9-6-10-14-17/h5-15,18-20,25H,1-4H3/t15-,18-,20-/m1/s1. The molecule has 5 heteroatoms. The third-order valence-electron chi connectivity index (χ3n) is 4.86. The van der Waals surface area contributed by atoms with Gasteiger partial charge in [-0.1, -0.05) is 60.7 Å². The molecule has 2 aromatic rings. The smallest absolute Gasteiger partial charge is 0.330 e. The molecule has 0 aliphatic carbocycles. The van der Waals surface area contributed by atoms with Gasteiger partial charge in [-0.3, -0.25) is 4.79 Å². The minimum absolute atomic E-state index is 0.247. The van der Waals surface area contributed by atoms with Gasteiger partial charge in [0.1, 0.15) is 11.6 Å². The SMILES string of the molecule is C[C@@H](O)[C@H]1C(=O)N(C(c2ccccc2)c2ccccc2)[C@H]1C(=O)OC(C)(C)C. The first kappa shape index (κ1) is 20.1. The Hall–Kier alpha value is -2.66. The number of benzene rings is 2. The molecular weight excluding hydrogens is 354 g/mol. The third-order valence-corrected chi connectivity index (χ3v) is 4.86. The molecule has 148 valence electrons. The zero-order chi connectivity index (χ0) is 20.5. The lowest BCUT2D eigenvalue weighted by molar-refractivity contribution is -0.189. The number of β-lactam (4-membered cyclic amide) rings is 1. The molecule has 0 saturated carbocycles. The van der Waals surface area contributed by atoms with E-state index in [1.54, 1.807) is 25.7 Å². The Morgan fingerprint density at radius 1 is 1.00 bits per heavy atom. The van der Waals surface area contributed by atoms with Crippen molar-refractivity contribution in [3.63, 3.8) is 0 Å². The van der Waals surface area contributed by atoms with Gasteiger partial charge in [-0.25, -0.2) is 4.79 Å². The number of likely N-dealkylation sites (tertiary alicyclic amines) is 1. The molecule has 1 fully saturated rings. The molecule has 0 radical (unpaired) electrons. The summed E-state index contributed by atoms with van der Waals surface area (Å²) in [5.41, 5.74) is 1.12. The van der Waals surface area contributed by atoms with Crippen LogP contribution in [-0.4, -0.2) is 39.6 Å². The van der Waals surface area contributed by atoms with Gasteiger partial charge >= 0.3 is 5.97 Å². The number of hydrogen-bond acceptors (Lipinski definition) is 4. The van der Waals surface area contributed by atoms with Gasteiger partial charge in [0.05, 0.1) is 18.1 Å². The van der Waals surface area contributed by atoms with Crippen molar-refractivity contribution in [3.8, 4) is 0 Å². The first-order chi connectivity index (χ1) is 13.2. The molecule has 2 aromatic carbocycles. The van der Waals surface area contributed by atoms with Crippen LogP contribution in [0, 0.1) is 5.92 Å². The molecule has 1 saturated heterocycles. The minimum atomic E-state index is -0.937. The molecule has 3 rings (SSSR count). The number of aliphatic hydroxyl groups is 1. The second-order valence-electron chi connectivity index (χ2n) is 8.21. The molecule has 0 spiro atoms. The molecule has 3 atom stereocenters. The van der Waals surface area contributed by atoms with E-state index in [1.807, 2.05) is 60.7 Å². The van der Waals surface area contributed by atoms with Gasteiger partial charge in [-0.2, -0.15) is 0 Å². The number of nitrogens with zero attached hydrogens (tertiary/aromatic N) is 1. The summed E-state index contributed by atoms with van der Waals surface area (Å²) in [6, 6.07) is 17.9. The zero-order valence-electron chi connectivity index (χ0n) is 16.7. The Labute approximate surface area is 165 Å². The average Bonchev–Trinajstić information content (AvgIpc) is 2.63. The summed E-state index contributed by atoms with van der Waals surface area (Å²) >= 11 is 0. The van der Waals surface area contributed by atoms with Crippen molar-refractivity contribution in [2.75, 3.05) is 0 Å². The Morgan fingerprint density at radius 3 is 1.86 bits per heavy atom. The predicted molar refractivity (Wildman–Crippen MR) is 106 cm³/mol. The van der Waals surface area contributed by atoms with E-state index in [0.29, 0.717) is 0 Å². The topological polar surface area (TPSA) is 66.8 Å². The number of amides is 1. The summed E-state index contributed by atoms with van der Waals surface area (Å²) in [7, 11) is 0. The molecule has 28 heavy (non-hydrogen) atoms. The van der Waals surface area contributed by atoms with Crippen LogP contribution in [0.5, 0.6) is 0 Å². The van der Waals surface area contributed by atoms with Crippen molar-refractivity contribution in [2.24, 2.45) is 5.92 Å². The molecule has 5 nitrogen and oxygen atoms in total. The number of carbonyl (C=O) groups is 2. The van der Waals surface area contributed by atoms with Gasteiger partial charge in [0, 0.05) is 0 Å². The van der Waals surface area contributed by atoms with E-state index in [0.717, 1.165) is 11.1 Å². The highest BCUT2D eigenvalue weighted by molar-refractivity contribution is 5.98. The van der Waals surface area contributed by atoms with Crippen LogP contribution in [0.15, 0.2) is 60.7 Å². The van der Waals surface area contributed by atoms with Gasteiger partial charge in [0.25, 0.3) is 0 Å². The number of aliphatic hydroxyl groups excluding tert-OH is 1. The third kappa shape index (κ3) is 3.94. The lowest BCUT2D eigenvalue weighted by Gasteiger charge is -2.51. The van der Waals surface area contributed by atoms with E-state index in [4.69, 9.17) is 4.74 Å². The number of rotatable bonds is 5. The number of ether oxygens (including phenoxy) is 1. The normalized spacial score (nSPS) is 20.6. The number of carbonyl (C=O) groups excluding carboxylic acids is 2. The predicted octanol–water partition coefficient (Wildman–Crippen LogP) is 3.33. The molecule has 0 bridgehead atoms. The molecule has 1 amide bonds. The molecule has 0 unspecified atom stereocenters. The van der Waals surface area contributed by atoms with Crippen LogP contribution in [0.1, 0.15) is 44.9 Å². The van der Waals surface area contributed by atoms with E-state index in [9.17, 15) is 14.7 Å². The van der Waals surface area contributed by atoms with Crippen LogP contribution in [0.2, 0.25) is 0 Å². The summed E-state index contributed by atoms with van der Waals surface area (Å²) < 4.78 is 5.58. The monoisotopic (exact) mass is 381 g/mol. The van der Waals surface area contributed by atoms with E-state index < -0.39 is 35.7 Å². The summed E-state index contributed by atoms with van der Waals surface area (Å²) in [4.78, 5) is 27.5. The van der Waals surface area contributed by atoms with Crippen molar-refractivity contribution in [2.45, 2.75) is 51.5 Å². The lowest BCUT2D eigenvalue weighted by atomic mass is 9.79. The summed E-state index contributed by atoms with van der Waals surface area (Å²) in [5.74, 6) is -1.54. The molecule has 1 aliphatic rings. The molecule has 1 N–H and O–H groups in total. The number of esters is 1. The van der Waals surface area contributed by atoms with Crippen LogP contribution in [0.25, 0.3) is 0 Å². The summed E-state index contributed by atoms with van der Waals surface area (Å²) in [5, 5.41) is 10.1. The molecule has 1 heterocycles. The quantitative estimate of drug-likeness (QED) is 0.637. The Kier molecular flexibility index (Phi) is 5.57. The maximum Gasteiger partial charge on any atom is 0.330 e.